The molecule has 38 heavy (non-hydrogen) atoms. The number of phenols is 1. The average molecular weight is 554 g/mol. The number of aromatic hydroxyl groups is 1. The van der Waals surface area contributed by atoms with E-state index in [1.165, 1.54) is 11.0 Å². The SMILES string of the molecule is CN(C)c1ccc(O)c2c1C[C@H]1C[C@@H]3[C@H](N(C)C)C(O)=C(C(N)=O)C(=O)[C@@]3(O)C(O)=C1C2=O.CS(=O)(=O)O. The van der Waals surface area contributed by atoms with Gasteiger partial charge in [0.1, 0.15) is 22.8 Å². The Hall–Kier alpha value is -3.46. The summed E-state index contributed by atoms with van der Waals surface area (Å²) in [5, 5.41) is 43.9. The molecule has 1 aromatic rings. The van der Waals surface area contributed by atoms with Gasteiger partial charge >= 0.3 is 0 Å². The van der Waals surface area contributed by atoms with E-state index in [2.05, 4.69) is 0 Å². The number of rotatable bonds is 3. The van der Waals surface area contributed by atoms with Crippen LogP contribution in [0.25, 0.3) is 0 Å². The first kappa shape index (κ1) is 29.1. The number of nitrogens with zero attached hydrogens (tertiary/aromatic N) is 2. The van der Waals surface area contributed by atoms with E-state index in [1.807, 2.05) is 0 Å². The number of carbonyl (C=O) groups is 3. The molecule has 0 unspecified atom stereocenters. The van der Waals surface area contributed by atoms with Crippen molar-refractivity contribution in [3.05, 3.63) is 45.9 Å². The fourth-order valence-electron chi connectivity index (χ4n) is 5.65. The number of benzene rings is 1. The van der Waals surface area contributed by atoms with Gasteiger partial charge in [-0.25, -0.2) is 0 Å². The number of amides is 1. The third-order valence-electron chi connectivity index (χ3n) is 7.06. The van der Waals surface area contributed by atoms with Gasteiger partial charge in [0.05, 0.1) is 17.9 Å². The number of fused-ring (bicyclic) bond motifs is 3. The van der Waals surface area contributed by atoms with E-state index < -0.39 is 68.2 Å². The molecule has 0 saturated carbocycles. The van der Waals surface area contributed by atoms with Gasteiger partial charge in [-0.15, -0.1) is 0 Å². The maximum Gasteiger partial charge on any atom is 0.261 e. The minimum Gasteiger partial charge on any atom is -0.510 e. The minimum absolute atomic E-state index is 0.00184. The molecule has 1 aromatic carbocycles. The molecule has 0 bridgehead atoms. The second kappa shape index (κ2) is 9.69. The van der Waals surface area contributed by atoms with Crippen LogP contribution in [0.4, 0.5) is 5.69 Å². The highest BCUT2D eigenvalue weighted by atomic mass is 32.2. The van der Waals surface area contributed by atoms with E-state index in [1.54, 1.807) is 39.2 Å². The Morgan fingerprint density at radius 2 is 1.66 bits per heavy atom. The van der Waals surface area contributed by atoms with Gasteiger partial charge in [-0.1, -0.05) is 0 Å². The van der Waals surface area contributed by atoms with E-state index in [4.69, 9.17) is 10.3 Å². The number of Topliss-reactive ketones (excluding diaryl/α,β-unsaturated/α-hetero) is 2. The second-order valence-corrected chi connectivity index (χ2v) is 11.5. The molecular formula is C24H31N3O10S. The number of allylic oxidation sites excluding steroid dienone is 1. The quantitative estimate of drug-likeness (QED) is 0.210. The molecule has 0 fully saturated rings. The monoisotopic (exact) mass is 553 g/mol. The van der Waals surface area contributed by atoms with Crippen molar-refractivity contribution in [3.63, 3.8) is 0 Å². The first-order valence-electron chi connectivity index (χ1n) is 11.4. The largest absolute Gasteiger partial charge is 0.510 e. The van der Waals surface area contributed by atoms with Crippen LogP contribution in [0.5, 0.6) is 5.75 Å². The van der Waals surface area contributed by atoms with Crippen LogP contribution in [-0.2, 0) is 26.1 Å². The van der Waals surface area contributed by atoms with Crippen molar-refractivity contribution in [1.82, 2.24) is 4.90 Å². The summed E-state index contributed by atoms with van der Waals surface area (Å²) in [5.74, 6) is -6.53. The normalized spacial score (nSPS) is 26.8. The lowest BCUT2D eigenvalue weighted by Crippen LogP contribution is -2.63. The number of anilines is 1. The number of hydrogen-bond donors (Lipinski definition) is 6. The first-order chi connectivity index (χ1) is 17.3. The molecule has 7 N–H and O–H groups in total. The van der Waals surface area contributed by atoms with E-state index in [0.717, 1.165) is 5.69 Å². The molecule has 208 valence electrons. The van der Waals surface area contributed by atoms with E-state index in [9.17, 15) is 43.2 Å². The maximum absolute atomic E-state index is 13.5. The predicted molar refractivity (Wildman–Crippen MR) is 135 cm³/mol. The third-order valence-corrected chi connectivity index (χ3v) is 7.06. The van der Waals surface area contributed by atoms with Gasteiger partial charge in [-0.2, -0.15) is 8.42 Å². The van der Waals surface area contributed by atoms with Crippen molar-refractivity contribution in [2.75, 3.05) is 39.3 Å². The predicted octanol–water partition coefficient (Wildman–Crippen LogP) is -0.309. The molecule has 13 nitrogen and oxygen atoms in total. The van der Waals surface area contributed by atoms with Gasteiger partial charge in [-0.3, -0.25) is 23.8 Å². The molecule has 0 aromatic heterocycles. The summed E-state index contributed by atoms with van der Waals surface area (Å²) in [4.78, 5) is 42.0. The van der Waals surface area contributed by atoms with Gasteiger partial charge in [0, 0.05) is 31.3 Å². The molecule has 0 spiro atoms. The summed E-state index contributed by atoms with van der Waals surface area (Å²) in [6, 6.07) is 2.06. The highest BCUT2D eigenvalue weighted by molar-refractivity contribution is 7.85. The minimum atomic E-state index is -3.67. The van der Waals surface area contributed by atoms with Crippen LogP contribution in [0.1, 0.15) is 22.3 Å². The molecule has 3 aliphatic carbocycles. The summed E-state index contributed by atoms with van der Waals surface area (Å²) in [5.41, 5.74) is 3.02. The Morgan fingerprint density at radius 1 is 1.11 bits per heavy atom. The fourth-order valence-corrected chi connectivity index (χ4v) is 5.65. The Labute approximate surface area is 219 Å². The van der Waals surface area contributed by atoms with Crippen molar-refractivity contribution in [3.8, 4) is 5.75 Å². The molecule has 4 rings (SSSR count). The summed E-state index contributed by atoms with van der Waals surface area (Å²) in [6.07, 6.45) is 1.04. The maximum atomic E-state index is 13.5. The van der Waals surface area contributed by atoms with Gasteiger partial charge in [0.25, 0.3) is 16.0 Å². The number of phenolic OH excluding ortho intramolecular Hbond substituents is 1. The van der Waals surface area contributed by atoms with Gasteiger partial charge in [-0.05, 0) is 50.6 Å². The number of hydrogen-bond acceptors (Lipinski definition) is 11. The van der Waals surface area contributed by atoms with Crippen LogP contribution in [0.15, 0.2) is 34.8 Å². The van der Waals surface area contributed by atoms with Crippen LogP contribution in [0, 0.1) is 11.8 Å². The Kier molecular flexibility index (Phi) is 7.42. The van der Waals surface area contributed by atoms with Crippen molar-refractivity contribution in [1.29, 1.82) is 0 Å². The number of ketones is 2. The molecule has 0 aliphatic heterocycles. The number of aliphatic hydroxyl groups is 3. The van der Waals surface area contributed by atoms with Crippen LogP contribution in [0.2, 0.25) is 0 Å². The Bertz CT molecular complexity index is 1390. The highest BCUT2D eigenvalue weighted by Crippen LogP contribution is 2.52. The number of primary amides is 1. The molecule has 0 heterocycles. The topological polar surface area (TPSA) is 219 Å². The highest BCUT2D eigenvalue weighted by Gasteiger charge is 2.63. The van der Waals surface area contributed by atoms with Crippen LogP contribution >= 0.6 is 0 Å². The van der Waals surface area contributed by atoms with Crippen molar-refractivity contribution >= 4 is 33.3 Å². The van der Waals surface area contributed by atoms with Crippen molar-refractivity contribution in [2.45, 2.75) is 24.5 Å². The summed E-state index contributed by atoms with van der Waals surface area (Å²) < 4.78 is 25.9. The molecule has 14 heteroatoms. The number of nitrogens with two attached hydrogens (primary N) is 1. The zero-order chi connectivity index (χ0) is 29.1. The fraction of sp³-hybridized carbons (Fsp3) is 0.458. The molecule has 0 radical (unpaired) electrons. The first-order valence-corrected chi connectivity index (χ1v) is 13.3. The van der Waals surface area contributed by atoms with E-state index >= 15 is 0 Å². The van der Waals surface area contributed by atoms with Crippen LogP contribution in [0.3, 0.4) is 0 Å². The van der Waals surface area contributed by atoms with E-state index in [0.29, 0.717) is 11.8 Å². The summed E-state index contributed by atoms with van der Waals surface area (Å²) in [7, 11) is 3.12. The lowest BCUT2D eigenvalue weighted by atomic mass is 9.58. The molecular weight excluding hydrogens is 522 g/mol. The van der Waals surface area contributed by atoms with Gasteiger partial charge in [0.15, 0.2) is 11.4 Å². The van der Waals surface area contributed by atoms with Gasteiger partial charge in [0.2, 0.25) is 5.78 Å². The summed E-state index contributed by atoms with van der Waals surface area (Å²) >= 11 is 0. The lowest BCUT2D eigenvalue weighted by molar-refractivity contribution is -0.148. The summed E-state index contributed by atoms with van der Waals surface area (Å²) in [6.45, 7) is 0. The molecule has 1 amide bonds. The number of aliphatic hydroxyl groups excluding tert-OH is 2. The van der Waals surface area contributed by atoms with Gasteiger partial charge < -0.3 is 31.1 Å². The number of likely N-dealkylation sites (N-methyl/N-ethyl adjacent to an activating group) is 1. The van der Waals surface area contributed by atoms with Crippen LogP contribution < -0.4 is 10.6 Å². The smallest absolute Gasteiger partial charge is 0.261 e. The van der Waals surface area contributed by atoms with Crippen LogP contribution in [-0.4, -0.2) is 102 Å². The zero-order valence-corrected chi connectivity index (χ0v) is 22.3. The second-order valence-electron chi connectivity index (χ2n) is 10.0. The zero-order valence-electron chi connectivity index (χ0n) is 21.5. The average Bonchev–Trinajstić information content (AvgIpc) is 2.74. The van der Waals surface area contributed by atoms with E-state index in [-0.39, 0.29) is 29.7 Å². The standard InChI is InChI=1S/C23H27N3O7.CH4O3S/c1-25(2)12-5-6-13(27)15-10(12)7-9-8-11-17(26(3)4)19(29)16(22(24)32)21(31)23(11,33)20(30)14(9)18(15)28;1-5(2,3)4/h5-6,9,11,17,27,29-30,33H,7-8H2,1-4H3,(H2,24,32);1H3,(H,2,3,4)/t9-,11+,17-,23-;/m0./s1. The Morgan fingerprint density at radius 3 is 2.13 bits per heavy atom. The molecule has 3 aliphatic rings. The van der Waals surface area contributed by atoms with Crippen molar-refractivity contribution < 1.29 is 47.8 Å². The third kappa shape index (κ3) is 4.64. The molecule has 4 atom stereocenters. The Balaban J connectivity index is 0.000000732. The lowest BCUT2D eigenvalue weighted by Gasteiger charge is -2.50. The van der Waals surface area contributed by atoms with Crippen molar-refractivity contribution in [2.24, 2.45) is 17.6 Å². The number of carbonyl (C=O) groups excluding carboxylic acids is 3. The molecule has 0 saturated heterocycles.